The van der Waals surface area contributed by atoms with Gasteiger partial charge in [-0.05, 0) is 54.8 Å². The van der Waals surface area contributed by atoms with Gasteiger partial charge in [-0.25, -0.2) is 4.39 Å². The molecule has 1 unspecified atom stereocenters. The molecule has 3 nitrogen and oxygen atoms in total. The van der Waals surface area contributed by atoms with E-state index in [1.54, 1.807) is 12.1 Å². The second-order valence-corrected chi connectivity index (χ2v) is 7.18. The van der Waals surface area contributed by atoms with Crippen LogP contribution in [0.2, 0.25) is 0 Å². The van der Waals surface area contributed by atoms with Crippen molar-refractivity contribution in [1.29, 1.82) is 0 Å². The number of rotatable bonds is 9. The summed E-state index contributed by atoms with van der Waals surface area (Å²) in [5.41, 5.74) is 2.65. The van der Waals surface area contributed by atoms with Crippen molar-refractivity contribution in [2.24, 2.45) is 0 Å². The van der Waals surface area contributed by atoms with Gasteiger partial charge < -0.3 is 9.64 Å². The minimum atomic E-state index is -0.286. The molecule has 1 atom stereocenters. The predicted octanol–water partition coefficient (Wildman–Crippen LogP) is 5.72. The minimum absolute atomic E-state index is 0.113. The number of nitrogens with zero attached hydrogens (tertiary/aromatic N) is 1. The molecule has 0 spiro atoms. The van der Waals surface area contributed by atoms with E-state index in [4.69, 9.17) is 4.74 Å². The first-order chi connectivity index (χ1) is 14.1. The third-order valence-corrected chi connectivity index (χ3v) is 4.89. The van der Waals surface area contributed by atoms with Crippen LogP contribution in [0.5, 0.6) is 5.75 Å². The monoisotopic (exact) mass is 391 g/mol. The molecular formula is C25H26FNO2. The lowest BCUT2D eigenvalue weighted by Crippen LogP contribution is -2.19. The Morgan fingerprint density at radius 3 is 2.28 bits per heavy atom. The number of hydrogen-bond acceptors (Lipinski definition) is 3. The smallest absolute Gasteiger partial charge is 0.172 e. The van der Waals surface area contributed by atoms with Crippen LogP contribution in [-0.4, -0.2) is 26.5 Å². The number of carbonyl (C=O) groups is 1. The lowest BCUT2D eigenvalue weighted by molar-refractivity contribution is 0.0952. The Bertz CT molecular complexity index is 923. The highest BCUT2D eigenvalue weighted by molar-refractivity contribution is 6.05. The Labute approximate surface area is 171 Å². The van der Waals surface area contributed by atoms with Gasteiger partial charge in [-0.3, -0.25) is 4.79 Å². The summed E-state index contributed by atoms with van der Waals surface area (Å²) in [6.45, 7) is 0.470. The molecule has 0 fully saturated rings. The lowest BCUT2D eigenvalue weighted by atomic mass is 9.86. The molecule has 150 valence electrons. The number of halogens is 1. The maximum atomic E-state index is 13.5. The highest BCUT2D eigenvalue weighted by Crippen LogP contribution is 2.30. The van der Waals surface area contributed by atoms with Gasteiger partial charge in [0.2, 0.25) is 0 Å². The number of ketones is 1. The number of anilines is 1. The standard InChI is InChI=1S/C25H26FNO2/c1-27(2)24-13-7-6-11-23(24)25(28)22(19-9-4-3-5-10-19)12-8-18-29-21-16-14-20(26)15-17-21/h3-7,9-11,13-17,22H,8,12,18H2,1-2H3. The average Bonchev–Trinajstić information content (AvgIpc) is 2.75. The van der Waals surface area contributed by atoms with Crippen molar-refractivity contribution >= 4 is 11.5 Å². The molecule has 0 bridgehead atoms. The molecule has 3 aromatic carbocycles. The van der Waals surface area contributed by atoms with Gasteiger partial charge in [0.05, 0.1) is 6.61 Å². The van der Waals surface area contributed by atoms with Crippen LogP contribution in [0.4, 0.5) is 10.1 Å². The molecule has 29 heavy (non-hydrogen) atoms. The summed E-state index contributed by atoms with van der Waals surface area (Å²) in [6, 6.07) is 23.6. The summed E-state index contributed by atoms with van der Waals surface area (Å²) in [5, 5.41) is 0. The molecule has 0 aliphatic carbocycles. The van der Waals surface area contributed by atoms with Crippen molar-refractivity contribution in [1.82, 2.24) is 0 Å². The van der Waals surface area contributed by atoms with E-state index in [-0.39, 0.29) is 17.5 Å². The summed E-state index contributed by atoms with van der Waals surface area (Å²) < 4.78 is 18.7. The van der Waals surface area contributed by atoms with Crippen molar-refractivity contribution in [3.05, 3.63) is 95.8 Å². The number of ether oxygens (including phenoxy) is 1. The van der Waals surface area contributed by atoms with Crippen LogP contribution in [0.1, 0.15) is 34.7 Å². The molecule has 0 saturated carbocycles. The zero-order chi connectivity index (χ0) is 20.6. The van der Waals surface area contributed by atoms with Crippen LogP contribution in [0.15, 0.2) is 78.9 Å². The average molecular weight is 391 g/mol. The van der Waals surface area contributed by atoms with Crippen LogP contribution < -0.4 is 9.64 Å². The first-order valence-electron chi connectivity index (χ1n) is 9.80. The van der Waals surface area contributed by atoms with Gasteiger partial charge in [0, 0.05) is 31.3 Å². The maximum absolute atomic E-state index is 13.5. The molecule has 0 N–H and O–H groups in total. The van der Waals surface area contributed by atoms with Gasteiger partial charge in [0.25, 0.3) is 0 Å². The molecule has 0 aliphatic rings. The largest absolute Gasteiger partial charge is 0.494 e. The van der Waals surface area contributed by atoms with Crippen LogP contribution in [-0.2, 0) is 0 Å². The van der Waals surface area contributed by atoms with Gasteiger partial charge in [0.1, 0.15) is 11.6 Å². The van der Waals surface area contributed by atoms with E-state index in [0.717, 1.165) is 16.8 Å². The fourth-order valence-corrected chi connectivity index (χ4v) is 3.40. The Morgan fingerprint density at radius 1 is 0.931 bits per heavy atom. The Hall–Kier alpha value is -3.14. The van der Waals surface area contributed by atoms with E-state index in [1.807, 2.05) is 73.6 Å². The normalized spacial score (nSPS) is 11.7. The van der Waals surface area contributed by atoms with E-state index in [9.17, 15) is 9.18 Å². The van der Waals surface area contributed by atoms with Crippen LogP contribution in [0.25, 0.3) is 0 Å². The van der Waals surface area contributed by atoms with E-state index in [1.165, 1.54) is 12.1 Å². The lowest BCUT2D eigenvalue weighted by Gasteiger charge is -2.21. The number of carbonyl (C=O) groups excluding carboxylic acids is 1. The summed E-state index contributed by atoms with van der Waals surface area (Å²) in [5.74, 6) is 0.218. The summed E-state index contributed by atoms with van der Waals surface area (Å²) in [6.07, 6.45) is 1.39. The third kappa shape index (κ3) is 5.44. The second-order valence-electron chi connectivity index (χ2n) is 7.18. The van der Waals surface area contributed by atoms with E-state index >= 15 is 0 Å². The van der Waals surface area contributed by atoms with Crippen LogP contribution >= 0.6 is 0 Å². The van der Waals surface area contributed by atoms with Crippen molar-refractivity contribution in [3.63, 3.8) is 0 Å². The molecular weight excluding hydrogens is 365 g/mol. The Balaban J connectivity index is 1.73. The van der Waals surface area contributed by atoms with Gasteiger partial charge in [-0.1, -0.05) is 42.5 Å². The van der Waals surface area contributed by atoms with E-state index in [0.29, 0.717) is 25.2 Å². The van der Waals surface area contributed by atoms with Crippen molar-refractivity contribution in [3.8, 4) is 5.75 Å². The van der Waals surface area contributed by atoms with Gasteiger partial charge in [0.15, 0.2) is 5.78 Å². The zero-order valence-electron chi connectivity index (χ0n) is 16.8. The molecule has 0 heterocycles. The van der Waals surface area contributed by atoms with Gasteiger partial charge in [-0.15, -0.1) is 0 Å². The van der Waals surface area contributed by atoms with Crippen molar-refractivity contribution in [2.45, 2.75) is 18.8 Å². The Morgan fingerprint density at radius 2 is 1.59 bits per heavy atom. The minimum Gasteiger partial charge on any atom is -0.494 e. The highest BCUT2D eigenvalue weighted by atomic mass is 19.1. The topological polar surface area (TPSA) is 29.5 Å². The van der Waals surface area contributed by atoms with Crippen LogP contribution in [0, 0.1) is 5.82 Å². The highest BCUT2D eigenvalue weighted by Gasteiger charge is 2.24. The molecule has 3 aromatic rings. The van der Waals surface area contributed by atoms with Crippen molar-refractivity contribution in [2.75, 3.05) is 25.6 Å². The molecule has 0 saturated heterocycles. The number of para-hydroxylation sites is 1. The SMILES string of the molecule is CN(C)c1ccccc1C(=O)C(CCCOc1ccc(F)cc1)c1ccccc1. The van der Waals surface area contributed by atoms with E-state index < -0.39 is 0 Å². The molecule has 0 aliphatic heterocycles. The summed E-state index contributed by atoms with van der Waals surface area (Å²) in [7, 11) is 3.89. The molecule has 0 radical (unpaired) electrons. The molecule has 0 aromatic heterocycles. The van der Waals surface area contributed by atoms with E-state index in [2.05, 4.69) is 0 Å². The van der Waals surface area contributed by atoms with Gasteiger partial charge in [-0.2, -0.15) is 0 Å². The molecule has 4 heteroatoms. The Kier molecular flexibility index (Phi) is 7.01. The second kappa shape index (κ2) is 9.87. The molecule has 3 rings (SSSR count). The first-order valence-corrected chi connectivity index (χ1v) is 9.80. The predicted molar refractivity (Wildman–Crippen MR) is 115 cm³/mol. The zero-order valence-corrected chi connectivity index (χ0v) is 16.8. The number of Topliss-reactive ketones (excluding diaryl/α,β-unsaturated/α-hetero) is 1. The molecule has 0 amide bonds. The fourth-order valence-electron chi connectivity index (χ4n) is 3.40. The third-order valence-electron chi connectivity index (χ3n) is 4.89. The fraction of sp³-hybridized carbons (Fsp3) is 0.240. The quantitative estimate of drug-likeness (QED) is 0.345. The van der Waals surface area contributed by atoms with Gasteiger partial charge >= 0.3 is 0 Å². The summed E-state index contributed by atoms with van der Waals surface area (Å²) >= 11 is 0. The van der Waals surface area contributed by atoms with Crippen LogP contribution in [0.3, 0.4) is 0 Å². The first kappa shape index (κ1) is 20.6. The maximum Gasteiger partial charge on any atom is 0.172 e. The number of benzene rings is 3. The van der Waals surface area contributed by atoms with Crippen molar-refractivity contribution < 1.29 is 13.9 Å². The number of hydrogen-bond donors (Lipinski definition) is 0. The summed E-state index contributed by atoms with van der Waals surface area (Å²) in [4.78, 5) is 15.4.